The summed E-state index contributed by atoms with van der Waals surface area (Å²) in [5, 5.41) is 0. The topological polar surface area (TPSA) is 26.3 Å². The maximum atomic E-state index is 12.8. The van der Waals surface area contributed by atoms with E-state index in [0.29, 0.717) is 17.3 Å². The zero-order valence-electron chi connectivity index (χ0n) is 31.8. The van der Waals surface area contributed by atoms with E-state index in [9.17, 15) is 4.79 Å². The second-order valence-electron chi connectivity index (χ2n) is 18.0. The molecule has 0 aromatic carbocycles. The molecular weight excluding hydrogens is 560 g/mol. The highest BCUT2D eigenvalue weighted by Crippen LogP contribution is 2.67. The van der Waals surface area contributed by atoms with Crippen LogP contribution in [0.1, 0.15) is 208 Å². The molecule has 4 aliphatic carbocycles. The highest BCUT2D eigenvalue weighted by molar-refractivity contribution is 5.69. The van der Waals surface area contributed by atoms with Crippen molar-refractivity contribution in [3.63, 3.8) is 0 Å². The van der Waals surface area contributed by atoms with Gasteiger partial charge in [-0.05, 0) is 97.7 Å². The Kier molecular flexibility index (Phi) is 15.6. The maximum Gasteiger partial charge on any atom is 0.306 e. The Morgan fingerprint density at radius 1 is 0.761 bits per heavy atom. The summed E-state index contributed by atoms with van der Waals surface area (Å²) in [6.07, 6.45) is 36.9. The molecule has 0 aromatic rings. The van der Waals surface area contributed by atoms with E-state index in [1.807, 2.05) is 0 Å². The van der Waals surface area contributed by atoms with E-state index in [1.54, 1.807) is 5.57 Å². The third-order valence-corrected chi connectivity index (χ3v) is 14.3. The summed E-state index contributed by atoms with van der Waals surface area (Å²) in [6.45, 7) is 15.0. The first-order valence-corrected chi connectivity index (χ1v) is 21.1. The van der Waals surface area contributed by atoms with Crippen LogP contribution < -0.4 is 0 Å². The van der Waals surface area contributed by atoms with Crippen molar-refractivity contribution in [1.29, 1.82) is 0 Å². The largest absolute Gasteiger partial charge is 0.462 e. The van der Waals surface area contributed by atoms with Gasteiger partial charge in [0.05, 0.1) is 0 Å². The van der Waals surface area contributed by atoms with E-state index >= 15 is 0 Å². The Balaban J connectivity index is 1.12. The zero-order valence-corrected chi connectivity index (χ0v) is 31.8. The molecule has 2 heteroatoms. The van der Waals surface area contributed by atoms with Gasteiger partial charge in [-0.25, -0.2) is 0 Å². The Hall–Kier alpha value is -0.790. The molecule has 46 heavy (non-hydrogen) atoms. The number of carbonyl (C=O) groups excluding carboxylic acids is 1. The van der Waals surface area contributed by atoms with Crippen molar-refractivity contribution in [3.05, 3.63) is 11.6 Å². The lowest BCUT2D eigenvalue weighted by Crippen LogP contribution is -2.51. The minimum atomic E-state index is 0.0646. The molecular formula is C44H78O2. The molecule has 0 amide bonds. The van der Waals surface area contributed by atoms with E-state index in [2.05, 4.69) is 47.6 Å². The zero-order chi connectivity index (χ0) is 33.0. The van der Waals surface area contributed by atoms with Crippen LogP contribution in [0.3, 0.4) is 0 Å². The predicted molar refractivity (Wildman–Crippen MR) is 198 cm³/mol. The van der Waals surface area contributed by atoms with Crippen LogP contribution in [-0.4, -0.2) is 12.1 Å². The van der Waals surface area contributed by atoms with E-state index in [-0.39, 0.29) is 12.1 Å². The summed E-state index contributed by atoms with van der Waals surface area (Å²) in [5.41, 5.74) is 2.54. The van der Waals surface area contributed by atoms with Gasteiger partial charge in [0.1, 0.15) is 6.10 Å². The first-order chi connectivity index (χ1) is 22.2. The normalized spacial score (nSPS) is 32.8. The van der Waals surface area contributed by atoms with E-state index in [0.717, 1.165) is 54.8 Å². The van der Waals surface area contributed by atoms with E-state index in [4.69, 9.17) is 4.74 Å². The van der Waals surface area contributed by atoms with Gasteiger partial charge in [-0.2, -0.15) is 0 Å². The van der Waals surface area contributed by atoms with Gasteiger partial charge in [0.15, 0.2) is 0 Å². The average Bonchev–Trinajstić information content (AvgIpc) is 3.38. The summed E-state index contributed by atoms with van der Waals surface area (Å²) < 4.78 is 6.13. The molecule has 3 fully saturated rings. The van der Waals surface area contributed by atoms with Crippen LogP contribution in [-0.2, 0) is 9.53 Å². The van der Waals surface area contributed by atoms with Crippen LogP contribution in [0.25, 0.3) is 0 Å². The second kappa shape index (κ2) is 18.8. The van der Waals surface area contributed by atoms with Crippen LogP contribution in [0.15, 0.2) is 11.6 Å². The van der Waals surface area contributed by atoms with Crippen LogP contribution in [0.2, 0.25) is 0 Å². The van der Waals surface area contributed by atoms with Crippen LogP contribution >= 0.6 is 0 Å². The van der Waals surface area contributed by atoms with Crippen molar-refractivity contribution in [2.24, 2.45) is 46.3 Å². The smallest absolute Gasteiger partial charge is 0.306 e. The fraction of sp³-hybridized carbons (Fsp3) is 0.932. The highest BCUT2D eigenvalue weighted by atomic mass is 16.5. The number of ether oxygens (including phenoxy) is 1. The fourth-order valence-electron chi connectivity index (χ4n) is 11.5. The first kappa shape index (κ1) is 38.0. The highest BCUT2D eigenvalue weighted by Gasteiger charge is 2.59. The lowest BCUT2D eigenvalue weighted by Gasteiger charge is -2.58. The Morgan fingerprint density at radius 2 is 1.39 bits per heavy atom. The Morgan fingerprint density at radius 3 is 2.02 bits per heavy atom. The number of hydrogen-bond acceptors (Lipinski definition) is 2. The SMILES string of the molecule is CCCCCCCCCCCCCCCCC(=O)O[C@H]1CC[C@@]2(C)C(=CC[C@@H]3[C@@H]2CC[C@]2(C)C([C@H](C)CCCC(C)C)CC[C@@H]32)C1. The quantitative estimate of drug-likeness (QED) is 0.0710. The van der Waals surface area contributed by atoms with Gasteiger partial charge in [0.25, 0.3) is 0 Å². The van der Waals surface area contributed by atoms with Gasteiger partial charge in [-0.3, -0.25) is 4.79 Å². The molecule has 1 unspecified atom stereocenters. The maximum absolute atomic E-state index is 12.8. The van der Waals surface area contributed by atoms with Crippen molar-refractivity contribution >= 4 is 5.97 Å². The van der Waals surface area contributed by atoms with Gasteiger partial charge >= 0.3 is 5.97 Å². The number of carbonyl (C=O) groups is 1. The van der Waals surface area contributed by atoms with Crippen molar-refractivity contribution in [2.75, 3.05) is 0 Å². The molecule has 4 aliphatic rings. The van der Waals surface area contributed by atoms with Crippen molar-refractivity contribution in [3.8, 4) is 0 Å². The molecule has 2 nitrogen and oxygen atoms in total. The minimum absolute atomic E-state index is 0.0646. The molecule has 0 aliphatic heterocycles. The average molecular weight is 639 g/mol. The predicted octanol–water partition coefficient (Wildman–Crippen LogP) is 13.8. The van der Waals surface area contributed by atoms with Crippen LogP contribution in [0, 0.1) is 46.3 Å². The molecule has 0 saturated heterocycles. The summed E-state index contributed by atoms with van der Waals surface area (Å²) >= 11 is 0. The van der Waals surface area contributed by atoms with Crippen molar-refractivity contribution in [1.82, 2.24) is 0 Å². The van der Waals surface area contributed by atoms with E-state index < -0.39 is 0 Å². The Bertz CT molecular complexity index is 919. The lowest BCUT2D eigenvalue weighted by molar-refractivity contribution is -0.151. The van der Waals surface area contributed by atoms with Crippen LogP contribution in [0.5, 0.6) is 0 Å². The van der Waals surface area contributed by atoms with Gasteiger partial charge in [-0.15, -0.1) is 0 Å². The molecule has 0 radical (unpaired) electrons. The summed E-state index contributed by atoms with van der Waals surface area (Å²) in [4.78, 5) is 12.8. The number of allylic oxidation sites excluding steroid dienone is 1. The van der Waals surface area contributed by atoms with Gasteiger partial charge in [-0.1, -0.05) is 156 Å². The molecule has 4 rings (SSSR count). The Labute approximate surface area is 287 Å². The molecule has 0 bridgehead atoms. The molecule has 266 valence electrons. The van der Waals surface area contributed by atoms with Crippen molar-refractivity contribution < 1.29 is 9.53 Å². The molecule has 3 saturated carbocycles. The van der Waals surface area contributed by atoms with Crippen molar-refractivity contribution in [2.45, 2.75) is 215 Å². The molecule has 0 heterocycles. The molecule has 0 spiro atoms. The number of hydrogen-bond donors (Lipinski definition) is 0. The summed E-state index contributed by atoms with van der Waals surface area (Å²) in [7, 11) is 0. The standard InChI is InChI=1S/C44H78O2/c1-7-8-9-10-11-12-13-14-15-16-17-18-19-20-24-42(45)46-37-29-31-43(5)36(33-37)25-26-38-40-28-27-39(35(4)23-21-22-34(2)3)44(40,6)32-30-41(38)43/h25,34-35,37-41H,7-24,26-33H2,1-6H3/t35-,37+,38+,39?,40+,41+,43+,44-/m1/s1. The third-order valence-electron chi connectivity index (χ3n) is 14.3. The van der Waals surface area contributed by atoms with E-state index in [1.165, 1.54) is 141 Å². The number of esters is 1. The number of rotatable bonds is 21. The van der Waals surface area contributed by atoms with Gasteiger partial charge in [0, 0.05) is 12.8 Å². The molecule has 0 aromatic heterocycles. The fourth-order valence-corrected chi connectivity index (χ4v) is 11.5. The molecule has 0 N–H and O–H groups in total. The monoisotopic (exact) mass is 639 g/mol. The van der Waals surface area contributed by atoms with Gasteiger partial charge < -0.3 is 4.74 Å². The summed E-state index contributed by atoms with van der Waals surface area (Å²) in [5.74, 6) is 5.34. The second-order valence-corrected chi connectivity index (χ2v) is 18.0. The number of unbranched alkanes of at least 4 members (excludes halogenated alkanes) is 13. The number of fused-ring (bicyclic) bond motifs is 5. The third kappa shape index (κ3) is 10.1. The van der Waals surface area contributed by atoms with Crippen LogP contribution in [0.4, 0.5) is 0 Å². The van der Waals surface area contributed by atoms with Gasteiger partial charge in [0.2, 0.25) is 0 Å². The lowest BCUT2D eigenvalue weighted by atomic mass is 9.47. The molecule has 8 atom stereocenters. The summed E-state index contributed by atoms with van der Waals surface area (Å²) in [6, 6.07) is 0. The first-order valence-electron chi connectivity index (χ1n) is 21.1. The minimum Gasteiger partial charge on any atom is -0.462 e.